The highest BCUT2D eigenvalue weighted by molar-refractivity contribution is 7.15. The molecular weight excluding hydrogens is 374 g/mol. The van der Waals surface area contributed by atoms with E-state index in [0.29, 0.717) is 30.4 Å². The second-order valence-corrected chi connectivity index (χ2v) is 8.44. The van der Waals surface area contributed by atoms with Gasteiger partial charge in [-0.3, -0.25) is 4.79 Å². The van der Waals surface area contributed by atoms with Gasteiger partial charge >= 0.3 is 0 Å². The lowest BCUT2D eigenvalue weighted by Gasteiger charge is -2.18. The number of para-hydroxylation sites is 2. The minimum Gasteiger partial charge on any atom is -0.495 e. The molecule has 2 aliphatic rings. The topological polar surface area (TPSA) is 68.5 Å². The number of hydrogen-bond donors (Lipinski definition) is 0. The zero-order valence-electron chi connectivity index (χ0n) is 15.7. The van der Waals surface area contributed by atoms with Crippen LogP contribution in [0, 0.1) is 0 Å². The Balaban J connectivity index is 1.38. The molecule has 5 rings (SSSR count). The minimum atomic E-state index is -0.0792. The summed E-state index contributed by atoms with van der Waals surface area (Å²) in [6.45, 7) is 0.527. The van der Waals surface area contributed by atoms with E-state index in [2.05, 4.69) is 16.2 Å². The van der Waals surface area contributed by atoms with Gasteiger partial charge in [-0.05, 0) is 49.4 Å². The van der Waals surface area contributed by atoms with Crippen LogP contribution in [0.2, 0.25) is 0 Å². The van der Waals surface area contributed by atoms with Gasteiger partial charge in [0, 0.05) is 23.8 Å². The Labute approximate surface area is 167 Å². The molecule has 1 fully saturated rings. The molecule has 0 N–H and O–H groups in total. The normalized spacial score (nSPS) is 19.1. The zero-order valence-corrected chi connectivity index (χ0v) is 16.5. The standard InChI is InChI=1S/C21H21N3O3S/c1-26-16-8-4-3-7-15(16)24-12-14(11-19(24)25)20-22-21(27-23-20)18-10-13-6-2-5-9-17(13)28-18/h3-4,7-8,10,14H,2,5-6,9,11-12H2,1H3. The number of anilines is 1. The van der Waals surface area contributed by atoms with Crippen molar-refractivity contribution in [2.24, 2.45) is 0 Å². The molecule has 3 heterocycles. The fraction of sp³-hybridized carbons (Fsp3) is 0.381. The summed E-state index contributed by atoms with van der Waals surface area (Å²) in [5.41, 5.74) is 2.21. The molecule has 7 heteroatoms. The van der Waals surface area contributed by atoms with Gasteiger partial charge in [0.1, 0.15) is 5.75 Å². The number of aromatic nitrogens is 2. The van der Waals surface area contributed by atoms with Gasteiger partial charge in [0.05, 0.1) is 17.7 Å². The van der Waals surface area contributed by atoms with Crippen molar-refractivity contribution in [2.45, 2.75) is 38.0 Å². The summed E-state index contributed by atoms with van der Waals surface area (Å²) in [6, 6.07) is 9.76. The lowest BCUT2D eigenvalue weighted by molar-refractivity contribution is -0.117. The number of methoxy groups -OCH3 is 1. The van der Waals surface area contributed by atoms with Crippen LogP contribution in [0.3, 0.4) is 0 Å². The van der Waals surface area contributed by atoms with Crippen molar-refractivity contribution in [3.63, 3.8) is 0 Å². The fourth-order valence-electron chi connectivity index (χ4n) is 4.06. The maximum Gasteiger partial charge on any atom is 0.268 e. The predicted octanol–water partition coefficient (Wildman–Crippen LogP) is 4.21. The Morgan fingerprint density at radius 3 is 2.96 bits per heavy atom. The van der Waals surface area contributed by atoms with Gasteiger partial charge in [-0.2, -0.15) is 4.98 Å². The van der Waals surface area contributed by atoms with Crippen LogP contribution < -0.4 is 9.64 Å². The molecule has 144 valence electrons. The van der Waals surface area contributed by atoms with Crippen LogP contribution in [0.5, 0.6) is 5.75 Å². The average molecular weight is 395 g/mol. The lowest BCUT2D eigenvalue weighted by atomic mass is 9.99. The number of carbonyl (C=O) groups excluding carboxylic acids is 1. The zero-order chi connectivity index (χ0) is 19.1. The van der Waals surface area contributed by atoms with Crippen molar-refractivity contribution < 1.29 is 14.1 Å². The first-order valence-electron chi connectivity index (χ1n) is 9.62. The smallest absolute Gasteiger partial charge is 0.268 e. The summed E-state index contributed by atoms with van der Waals surface area (Å²) >= 11 is 1.76. The van der Waals surface area contributed by atoms with Crippen molar-refractivity contribution in [3.05, 3.63) is 46.6 Å². The van der Waals surface area contributed by atoms with Gasteiger partial charge in [-0.1, -0.05) is 17.3 Å². The predicted molar refractivity (Wildman–Crippen MR) is 107 cm³/mol. The minimum absolute atomic E-state index is 0.0486. The van der Waals surface area contributed by atoms with Crippen LogP contribution in [0.1, 0.15) is 41.4 Å². The number of benzene rings is 1. The number of aryl methyl sites for hydroxylation is 2. The average Bonchev–Trinajstić information content (AvgIpc) is 3.45. The second kappa shape index (κ2) is 7.05. The third kappa shape index (κ3) is 2.99. The summed E-state index contributed by atoms with van der Waals surface area (Å²) in [5.74, 6) is 1.83. The second-order valence-electron chi connectivity index (χ2n) is 7.30. The molecule has 6 nitrogen and oxygen atoms in total. The monoisotopic (exact) mass is 395 g/mol. The van der Waals surface area contributed by atoms with E-state index in [1.807, 2.05) is 24.3 Å². The SMILES string of the molecule is COc1ccccc1N1CC(c2noc(-c3cc4c(s3)CCCC4)n2)CC1=O. The van der Waals surface area contributed by atoms with Crippen molar-refractivity contribution >= 4 is 22.9 Å². The van der Waals surface area contributed by atoms with Crippen LogP contribution in [0.4, 0.5) is 5.69 Å². The van der Waals surface area contributed by atoms with E-state index >= 15 is 0 Å². The molecule has 1 amide bonds. The Morgan fingerprint density at radius 2 is 2.11 bits per heavy atom. The third-order valence-electron chi connectivity index (χ3n) is 5.52. The van der Waals surface area contributed by atoms with Gasteiger partial charge in [0.25, 0.3) is 5.89 Å². The number of ether oxygens (including phenoxy) is 1. The number of rotatable bonds is 4. The first-order valence-corrected chi connectivity index (χ1v) is 10.4. The van der Waals surface area contributed by atoms with Gasteiger partial charge in [0.15, 0.2) is 5.82 Å². The van der Waals surface area contributed by atoms with Crippen LogP contribution in [0.15, 0.2) is 34.9 Å². The molecule has 2 aromatic heterocycles. The quantitative estimate of drug-likeness (QED) is 0.662. The van der Waals surface area contributed by atoms with Crippen molar-refractivity contribution in [2.75, 3.05) is 18.6 Å². The first-order chi connectivity index (χ1) is 13.7. The molecule has 28 heavy (non-hydrogen) atoms. The number of nitrogens with zero attached hydrogens (tertiary/aromatic N) is 3. The van der Waals surface area contributed by atoms with E-state index < -0.39 is 0 Å². The number of thiophene rings is 1. The van der Waals surface area contributed by atoms with Gasteiger partial charge in [-0.25, -0.2) is 0 Å². The fourth-order valence-corrected chi connectivity index (χ4v) is 5.24. The molecule has 1 aliphatic carbocycles. The number of amides is 1. The number of carbonyl (C=O) groups is 1. The Bertz CT molecular complexity index is 1000. The van der Waals surface area contributed by atoms with Gasteiger partial charge < -0.3 is 14.2 Å². The van der Waals surface area contributed by atoms with Crippen molar-refractivity contribution in [1.82, 2.24) is 10.1 Å². The van der Waals surface area contributed by atoms with Gasteiger partial charge in [0.2, 0.25) is 5.91 Å². The van der Waals surface area contributed by atoms with E-state index in [9.17, 15) is 4.79 Å². The lowest BCUT2D eigenvalue weighted by Crippen LogP contribution is -2.24. The van der Waals surface area contributed by atoms with E-state index in [0.717, 1.165) is 23.4 Å². The van der Waals surface area contributed by atoms with Crippen LogP contribution in [0.25, 0.3) is 10.8 Å². The van der Waals surface area contributed by atoms with E-state index in [1.54, 1.807) is 23.3 Å². The Hall–Kier alpha value is -2.67. The van der Waals surface area contributed by atoms with Crippen LogP contribution in [-0.4, -0.2) is 29.7 Å². The molecule has 1 atom stereocenters. The molecule has 1 aliphatic heterocycles. The third-order valence-corrected chi connectivity index (χ3v) is 6.74. The molecule has 1 saturated heterocycles. The molecule has 1 aromatic carbocycles. The summed E-state index contributed by atoms with van der Waals surface area (Å²) in [6.07, 6.45) is 5.16. The maximum absolute atomic E-state index is 12.6. The molecule has 3 aromatic rings. The molecule has 0 radical (unpaired) electrons. The summed E-state index contributed by atoms with van der Waals surface area (Å²) in [5, 5.41) is 4.20. The van der Waals surface area contributed by atoms with Crippen LogP contribution in [-0.2, 0) is 17.6 Å². The molecule has 1 unspecified atom stereocenters. The first kappa shape index (κ1) is 17.4. The highest BCUT2D eigenvalue weighted by Gasteiger charge is 2.36. The molecule has 0 saturated carbocycles. The van der Waals surface area contributed by atoms with Crippen molar-refractivity contribution in [3.8, 4) is 16.5 Å². The number of hydrogen-bond acceptors (Lipinski definition) is 6. The molecule has 0 bridgehead atoms. The maximum atomic E-state index is 12.6. The Kier molecular flexibility index (Phi) is 4.39. The molecule has 0 spiro atoms. The Morgan fingerprint density at radius 1 is 1.25 bits per heavy atom. The van der Waals surface area contributed by atoms with Crippen LogP contribution >= 0.6 is 11.3 Å². The number of fused-ring (bicyclic) bond motifs is 1. The van der Waals surface area contributed by atoms with Gasteiger partial charge in [-0.15, -0.1) is 11.3 Å². The van der Waals surface area contributed by atoms with E-state index in [1.165, 1.54) is 23.3 Å². The highest BCUT2D eigenvalue weighted by Crippen LogP contribution is 2.38. The summed E-state index contributed by atoms with van der Waals surface area (Å²) in [4.78, 5) is 21.5. The summed E-state index contributed by atoms with van der Waals surface area (Å²) in [7, 11) is 1.61. The summed E-state index contributed by atoms with van der Waals surface area (Å²) < 4.78 is 11.0. The highest BCUT2D eigenvalue weighted by atomic mass is 32.1. The largest absolute Gasteiger partial charge is 0.495 e. The van der Waals surface area contributed by atoms with Crippen molar-refractivity contribution in [1.29, 1.82) is 0 Å². The molecular formula is C21H21N3O3S. The van der Waals surface area contributed by atoms with E-state index in [-0.39, 0.29) is 11.8 Å². The van der Waals surface area contributed by atoms with E-state index in [4.69, 9.17) is 9.26 Å².